The summed E-state index contributed by atoms with van der Waals surface area (Å²) >= 11 is 6.11. The molecule has 0 aliphatic heterocycles. The van der Waals surface area contributed by atoms with Crippen molar-refractivity contribution in [1.29, 1.82) is 5.26 Å². The van der Waals surface area contributed by atoms with Gasteiger partial charge in [-0.25, -0.2) is 0 Å². The number of nitro benzene ring substituents is 1. The molecule has 1 heterocycles. The van der Waals surface area contributed by atoms with Crippen LogP contribution in [0.3, 0.4) is 0 Å². The topological polar surface area (TPSA) is 109 Å². The van der Waals surface area contributed by atoms with Crippen LogP contribution in [0.4, 0.5) is 11.4 Å². The highest BCUT2D eigenvalue weighted by atomic mass is 35.5. The summed E-state index contributed by atoms with van der Waals surface area (Å²) < 4.78 is 5.65. The van der Waals surface area contributed by atoms with E-state index >= 15 is 0 Å². The SMILES string of the molecule is Cc1ccccc1NC(=O)C(C#N)=Cc1ccc(-c2ccc([N+](=O)[O-])cc2Cl)o1. The first-order valence-electron chi connectivity index (χ1n) is 8.42. The highest BCUT2D eigenvalue weighted by molar-refractivity contribution is 6.33. The molecule has 0 unspecified atom stereocenters. The second-order valence-corrected chi connectivity index (χ2v) is 6.47. The molecule has 1 aromatic heterocycles. The van der Waals surface area contributed by atoms with Gasteiger partial charge in [0, 0.05) is 29.5 Å². The Labute approximate surface area is 171 Å². The van der Waals surface area contributed by atoms with Crippen LogP contribution in [0.2, 0.25) is 5.02 Å². The summed E-state index contributed by atoms with van der Waals surface area (Å²) in [5.74, 6) is 0.0618. The monoisotopic (exact) mass is 407 g/mol. The number of benzene rings is 2. The molecule has 0 aliphatic rings. The van der Waals surface area contributed by atoms with Crippen molar-refractivity contribution in [2.24, 2.45) is 0 Å². The van der Waals surface area contributed by atoms with E-state index in [4.69, 9.17) is 16.0 Å². The molecule has 0 fully saturated rings. The first-order chi connectivity index (χ1) is 13.9. The molecule has 0 spiro atoms. The Morgan fingerprint density at radius 1 is 1.24 bits per heavy atom. The van der Waals surface area contributed by atoms with Crippen molar-refractivity contribution in [2.45, 2.75) is 6.92 Å². The van der Waals surface area contributed by atoms with E-state index in [1.54, 1.807) is 24.3 Å². The van der Waals surface area contributed by atoms with Crippen molar-refractivity contribution in [3.05, 3.63) is 86.6 Å². The highest BCUT2D eigenvalue weighted by Gasteiger charge is 2.15. The van der Waals surface area contributed by atoms with Gasteiger partial charge in [-0.2, -0.15) is 5.26 Å². The van der Waals surface area contributed by atoms with Gasteiger partial charge in [-0.15, -0.1) is 0 Å². The fraction of sp³-hybridized carbons (Fsp3) is 0.0476. The molecule has 1 N–H and O–H groups in total. The van der Waals surface area contributed by atoms with Crippen molar-refractivity contribution < 1.29 is 14.1 Å². The van der Waals surface area contributed by atoms with Crippen LogP contribution >= 0.6 is 11.6 Å². The summed E-state index contributed by atoms with van der Waals surface area (Å²) in [6.07, 6.45) is 1.32. The van der Waals surface area contributed by atoms with Gasteiger partial charge in [0.05, 0.1) is 9.95 Å². The van der Waals surface area contributed by atoms with Crippen LogP contribution in [0.15, 0.2) is 64.6 Å². The number of nitriles is 1. The summed E-state index contributed by atoms with van der Waals surface area (Å²) in [6, 6.07) is 16.3. The van der Waals surface area contributed by atoms with Crippen molar-refractivity contribution in [2.75, 3.05) is 5.32 Å². The number of rotatable bonds is 5. The molecule has 2 aromatic carbocycles. The van der Waals surface area contributed by atoms with Gasteiger partial charge in [0.15, 0.2) is 0 Å². The number of carbonyl (C=O) groups is 1. The Morgan fingerprint density at radius 2 is 2.00 bits per heavy atom. The standard InChI is InChI=1S/C21H14ClN3O4/c1-13-4-2-3-5-19(13)24-21(26)14(12-23)10-16-7-9-20(29-16)17-8-6-15(25(27)28)11-18(17)22/h2-11H,1H3,(H,24,26). The third kappa shape index (κ3) is 4.51. The predicted molar refractivity (Wildman–Crippen MR) is 109 cm³/mol. The van der Waals surface area contributed by atoms with E-state index in [9.17, 15) is 20.2 Å². The first-order valence-corrected chi connectivity index (χ1v) is 8.80. The maximum absolute atomic E-state index is 12.4. The van der Waals surface area contributed by atoms with Gasteiger partial charge in [-0.3, -0.25) is 14.9 Å². The second kappa shape index (κ2) is 8.42. The zero-order valence-corrected chi connectivity index (χ0v) is 15.9. The Kier molecular flexibility index (Phi) is 5.77. The van der Waals surface area contributed by atoms with Gasteiger partial charge in [0.1, 0.15) is 23.2 Å². The zero-order valence-electron chi connectivity index (χ0n) is 15.2. The average molecular weight is 408 g/mol. The van der Waals surface area contributed by atoms with E-state index < -0.39 is 10.8 Å². The number of hydrogen-bond donors (Lipinski definition) is 1. The van der Waals surface area contributed by atoms with Crippen molar-refractivity contribution in [1.82, 2.24) is 0 Å². The van der Waals surface area contributed by atoms with Crippen molar-refractivity contribution in [3.8, 4) is 17.4 Å². The summed E-state index contributed by atoms with van der Waals surface area (Å²) in [4.78, 5) is 22.7. The number of hydrogen-bond acceptors (Lipinski definition) is 5. The number of non-ortho nitro benzene ring substituents is 1. The molecule has 7 nitrogen and oxygen atoms in total. The third-order valence-corrected chi connectivity index (χ3v) is 4.41. The van der Waals surface area contributed by atoms with Gasteiger partial charge in [0.2, 0.25) is 0 Å². The van der Waals surface area contributed by atoms with Crippen molar-refractivity contribution in [3.63, 3.8) is 0 Å². The Morgan fingerprint density at radius 3 is 2.66 bits per heavy atom. The largest absolute Gasteiger partial charge is 0.457 e. The van der Waals surface area contributed by atoms with Crippen LogP contribution in [0.5, 0.6) is 0 Å². The molecule has 3 rings (SSSR count). The highest BCUT2D eigenvalue weighted by Crippen LogP contribution is 2.32. The molecule has 0 saturated carbocycles. The van der Waals surface area contributed by atoms with Crippen LogP contribution in [-0.2, 0) is 4.79 Å². The maximum atomic E-state index is 12.4. The minimum Gasteiger partial charge on any atom is -0.457 e. The number of aryl methyl sites for hydroxylation is 1. The number of furan rings is 1. The Bertz CT molecular complexity index is 1170. The minimum absolute atomic E-state index is 0.134. The lowest BCUT2D eigenvalue weighted by Gasteiger charge is -2.06. The Hall–Kier alpha value is -3.89. The van der Waals surface area contributed by atoms with Gasteiger partial charge in [-0.05, 0) is 36.8 Å². The van der Waals surface area contributed by atoms with Gasteiger partial charge >= 0.3 is 0 Å². The minimum atomic E-state index is -0.562. The number of anilines is 1. The lowest BCUT2D eigenvalue weighted by Crippen LogP contribution is -2.14. The van der Waals surface area contributed by atoms with Gasteiger partial charge in [0.25, 0.3) is 11.6 Å². The molecule has 0 saturated heterocycles. The van der Waals surface area contributed by atoms with Crippen LogP contribution in [0.25, 0.3) is 17.4 Å². The molecule has 0 aliphatic carbocycles. The third-order valence-electron chi connectivity index (χ3n) is 4.10. The zero-order chi connectivity index (χ0) is 21.0. The van der Waals surface area contributed by atoms with Gasteiger partial charge in [-0.1, -0.05) is 29.8 Å². The summed E-state index contributed by atoms with van der Waals surface area (Å²) in [6.45, 7) is 1.85. The number of halogens is 1. The molecule has 0 bridgehead atoms. The predicted octanol–water partition coefficient (Wildman–Crippen LogP) is 5.36. The van der Waals surface area contributed by atoms with Crippen LogP contribution in [0, 0.1) is 28.4 Å². The average Bonchev–Trinajstić information content (AvgIpc) is 3.16. The number of carbonyl (C=O) groups excluding carboxylic acids is 1. The molecule has 0 atom stereocenters. The van der Waals surface area contributed by atoms with Crippen LogP contribution in [-0.4, -0.2) is 10.8 Å². The summed E-state index contributed by atoms with van der Waals surface area (Å²) in [5, 5.41) is 23.0. The molecular formula is C21H14ClN3O4. The normalized spacial score (nSPS) is 11.0. The summed E-state index contributed by atoms with van der Waals surface area (Å²) in [7, 11) is 0. The fourth-order valence-corrected chi connectivity index (χ4v) is 2.85. The quantitative estimate of drug-likeness (QED) is 0.265. The lowest BCUT2D eigenvalue weighted by molar-refractivity contribution is -0.384. The van der Waals surface area contributed by atoms with Crippen LogP contribution in [0.1, 0.15) is 11.3 Å². The fourth-order valence-electron chi connectivity index (χ4n) is 2.59. The molecule has 3 aromatic rings. The number of nitrogens with one attached hydrogen (secondary N) is 1. The molecule has 8 heteroatoms. The molecule has 144 valence electrons. The molecule has 0 radical (unpaired) electrons. The number of amides is 1. The van der Waals surface area contributed by atoms with E-state index in [0.29, 0.717) is 17.0 Å². The molecule has 1 amide bonds. The lowest BCUT2D eigenvalue weighted by atomic mass is 10.1. The van der Waals surface area contributed by atoms with Crippen LogP contribution < -0.4 is 5.32 Å². The van der Waals surface area contributed by atoms with E-state index in [1.165, 1.54) is 24.3 Å². The number of nitrogens with zero attached hydrogens (tertiary/aromatic N) is 2. The number of nitro groups is 1. The van der Waals surface area contributed by atoms with E-state index in [0.717, 1.165) is 5.56 Å². The molecular weight excluding hydrogens is 394 g/mol. The van der Waals surface area contributed by atoms with E-state index in [-0.39, 0.29) is 22.0 Å². The van der Waals surface area contributed by atoms with E-state index in [1.807, 2.05) is 25.1 Å². The van der Waals surface area contributed by atoms with Gasteiger partial charge < -0.3 is 9.73 Å². The molecule has 29 heavy (non-hydrogen) atoms. The van der Waals surface area contributed by atoms with E-state index in [2.05, 4.69) is 5.32 Å². The number of para-hydroxylation sites is 1. The smallest absolute Gasteiger partial charge is 0.270 e. The summed E-state index contributed by atoms with van der Waals surface area (Å²) in [5.41, 5.74) is 1.66. The van der Waals surface area contributed by atoms with Crippen molar-refractivity contribution >= 4 is 35.0 Å². The Balaban J connectivity index is 1.84. The maximum Gasteiger partial charge on any atom is 0.270 e. The first kappa shape index (κ1) is 19.9. The second-order valence-electron chi connectivity index (χ2n) is 6.06.